The van der Waals surface area contributed by atoms with Crippen molar-refractivity contribution >= 4 is 27.8 Å². The van der Waals surface area contributed by atoms with Crippen LogP contribution in [0.5, 0.6) is 11.5 Å². The molecule has 246 valence electrons. The highest BCUT2D eigenvalue weighted by atomic mass is 16.5. The minimum absolute atomic E-state index is 0.109. The van der Waals surface area contributed by atoms with Crippen LogP contribution in [0.1, 0.15) is 47.2 Å². The lowest BCUT2D eigenvalue weighted by atomic mass is 9.58. The SMILES string of the molecule is CC1(C)c2ccccc2-c2ccc(N(c3ccccc3)c3ccc4c(c3)C3(c5ccccc5Oc5ccccc53)c3cccc5cccc-4c35)cc21. The van der Waals surface area contributed by atoms with E-state index in [1.807, 2.05) is 0 Å². The highest BCUT2D eigenvalue weighted by Crippen LogP contribution is 2.62. The van der Waals surface area contributed by atoms with Crippen LogP contribution >= 0.6 is 0 Å². The Balaban J connectivity index is 1.22. The summed E-state index contributed by atoms with van der Waals surface area (Å²) in [4.78, 5) is 2.44. The van der Waals surface area contributed by atoms with E-state index < -0.39 is 5.41 Å². The predicted molar refractivity (Wildman–Crippen MR) is 214 cm³/mol. The molecule has 0 fully saturated rings. The van der Waals surface area contributed by atoms with Crippen LogP contribution in [0.2, 0.25) is 0 Å². The van der Waals surface area contributed by atoms with Gasteiger partial charge >= 0.3 is 0 Å². The first-order chi connectivity index (χ1) is 25.5. The van der Waals surface area contributed by atoms with Crippen LogP contribution in [-0.2, 0) is 10.8 Å². The Labute approximate surface area is 304 Å². The number of para-hydroxylation sites is 3. The van der Waals surface area contributed by atoms with Crippen molar-refractivity contribution in [3.63, 3.8) is 0 Å². The lowest BCUT2D eigenvalue weighted by Crippen LogP contribution is -2.36. The van der Waals surface area contributed by atoms with E-state index in [0.717, 1.165) is 39.7 Å². The van der Waals surface area contributed by atoms with Gasteiger partial charge in [-0.2, -0.15) is 0 Å². The van der Waals surface area contributed by atoms with E-state index in [2.05, 4.69) is 195 Å². The molecule has 1 spiro atoms. The summed E-state index contributed by atoms with van der Waals surface area (Å²) < 4.78 is 6.70. The maximum atomic E-state index is 6.70. The minimum Gasteiger partial charge on any atom is -0.457 e. The predicted octanol–water partition coefficient (Wildman–Crippen LogP) is 13.1. The number of hydrogen-bond donors (Lipinski definition) is 0. The van der Waals surface area contributed by atoms with Crippen molar-refractivity contribution in [2.75, 3.05) is 4.90 Å². The van der Waals surface area contributed by atoms with Crippen molar-refractivity contribution in [2.24, 2.45) is 0 Å². The summed E-state index contributed by atoms with van der Waals surface area (Å²) >= 11 is 0. The fourth-order valence-electron chi connectivity index (χ4n) is 9.67. The van der Waals surface area contributed by atoms with E-state index in [-0.39, 0.29) is 5.41 Å². The van der Waals surface area contributed by atoms with Crippen LogP contribution in [0.15, 0.2) is 176 Å². The van der Waals surface area contributed by atoms with Crippen LogP contribution in [-0.4, -0.2) is 0 Å². The highest BCUT2D eigenvalue weighted by molar-refractivity contribution is 6.06. The number of fused-ring (bicyclic) bond motifs is 11. The van der Waals surface area contributed by atoms with Crippen LogP contribution in [0, 0.1) is 0 Å². The normalized spacial score (nSPS) is 14.8. The van der Waals surface area contributed by atoms with Gasteiger partial charge in [-0.3, -0.25) is 0 Å². The average molecular weight is 666 g/mol. The van der Waals surface area contributed by atoms with E-state index in [4.69, 9.17) is 4.74 Å². The molecule has 0 atom stereocenters. The van der Waals surface area contributed by atoms with E-state index in [1.54, 1.807) is 0 Å². The van der Waals surface area contributed by atoms with Crippen LogP contribution in [0.4, 0.5) is 17.1 Å². The molecule has 0 radical (unpaired) electrons. The Bertz CT molecular complexity index is 2710. The Kier molecular flexibility index (Phi) is 5.97. The molecule has 1 aliphatic heterocycles. The topological polar surface area (TPSA) is 12.5 Å². The maximum Gasteiger partial charge on any atom is 0.132 e. The summed E-state index contributed by atoms with van der Waals surface area (Å²) in [5.74, 6) is 1.79. The number of ether oxygens (including phenoxy) is 1. The van der Waals surface area contributed by atoms with Gasteiger partial charge in [-0.1, -0.05) is 141 Å². The van der Waals surface area contributed by atoms with Crippen molar-refractivity contribution in [3.8, 4) is 33.8 Å². The van der Waals surface area contributed by atoms with E-state index >= 15 is 0 Å². The van der Waals surface area contributed by atoms with Gasteiger partial charge < -0.3 is 9.64 Å². The molecule has 0 aromatic heterocycles. The van der Waals surface area contributed by atoms with Gasteiger partial charge in [0, 0.05) is 33.6 Å². The first kappa shape index (κ1) is 29.4. The fourth-order valence-corrected chi connectivity index (χ4v) is 9.67. The van der Waals surface area contributed by atoms with Crippen molar-refractivity contribution in [3.05, 3.63) is 209 Å². The van der Waals surface area contributed by atoms with Crippen LogP contribution in [0.3, 0.4) is 0 Å². The molecule has 0 amide bonds. The minimum atomic E-state index is -0.603. The second-order valence-corrected chi connectivity index (χ2v) is 14.9. The first-order valence-corrected chi connectivity index (χ1v) is 18.2. The molecule has 0 bridgehead atoms. The smallest absolute Gasteiger partial charge is 0.132 e. The Morgan fingerprint density at radius 2 is 0.904 bits per heavy atom. The van der Waals surface area contributed by atoms with Gasteiger partial charge in [-0.25, -0.2) is 0 Å². The average Bonchev–Trinajstić information content (AvgIpc) is 3.42. The molecule has 0 saturated heterocycles. The van der Waals surface area contributed by atoms with Gasteiger partial charge in [0.2, 0.25) is 0 Å². The van der Waals surface area contributed by atoms with Crippen molar-refractivity contribution in [1.29, 1.82) is 0 Å². The Hall–Kier alpha value is -6.38. The van der Waals surface area contributed by atoms with Gasteiger partial charge in [0.15, 0.2) is 0 Å². The fraction of sp³-hybridized carbons (Fsp3) is 0.0800. The third-order valence-corrected chi connectivity index (χ3v) is 11.9. The van der Waals surface area contributed by atoms with Gasteiger partial charge in [-0.05, 0) is 104 Å². The lowest BCUT2D eigenvalue weighted by Gasteiger charge is -2.45. The standard InChI is InChI=1S/C50H35NO/c1-49(2)40-20-7-6-18-36(40)37-28-26-34(30-44(37)49)51(33-16-4-3-5-17-33)35-27-29-38-39-19-12-14-32-15-13-23-43(48(32)39)50(45(38)31-35)41-21-8-10-24-46(41)52-47-25-11-9-22-42(47)50/h3-31H,1-2H3. The zero-order valence-corrected chi connectivity index (χ0v) is 29.1. The molecule has 0 saturated carbocycles. The summed E-state index contributed by atoms with van der Waals surface area (Å²) in [6, 6.07) is 64.7. The molecule has 0 unspecified atom stereocenters. The zero-order chi connectivity index (χ0) is 34.6. The zero-order valence-electron chi connectivity index (χ0n) is 29.1. The quantitative estimate of drug-likeness (QED) is 0.186. The second-order valence-electron chi connectivity index (χ2n) is 14.9. The van der Waals surface area contributed by atoms with E-state index in [1.165, 1.54) is 55.3 Å². The summed E-state index contributed by atoms with van der Waals surface area (Å²) in [6.45, 7) is 4.71. The molecule has 1 heterocycles. The number of benzene rings is 8. The van der Waals surface area contributed by atoms with Crippen LogP contribution in [0.25, 0.3) is 33.0 Å². The summed E-state index contributed by atoms with van der Waals surface area (Å²) in [6.07, 6.45) is 0. The van der Waals surface area contributed by atoms with E-state index in [9.17, 15) is 0 Å². The van der Waals surface area contributed by atoms with Gasteiger partial charge in [0.1, 0.15) is 11.5 Å². The monoisotopic (exact) mass is 665 g/mol. The molecule has 2 aliphatic carbocycles. The third-order valence-electron chi connectivity index (χ3n) is 11.9. The number of rotatable bonds is 3. The molecular weight excluding hydrogens is 631 g/mol. The lowest BCUT2D eigenvalue weighted by molar-refractivity contribution is 0.435. The van der Waals surface area contributed by atoms with Crippen LogP contribution < -0.4 is 9.64 Å². The molecule has 8 aromatic rings. The second kappa shape index (κ2) is 10.6. The summed E-state index contributed by atoms with van der Waals surface area (Å²) in [7, 11) is 0. The molecule has 8 aromatic carbocycles. The molecule has 2 nitrogen and oxygen atoms in total. The van der Waals surface area contributed by atoms with Crippen molar-refractivity contribution in [2.45, 2.75) is 24.7 Å². The molecule has 52 heavy (non-hydrogen) atoms. The van der Waals surface area contributed by atoms with Crippen molar-refractivity contribution < 1.29 is 4.74 Å². The number of anilines is 3. The van der Waals surface area contributed by atoms with Crippen molar-refractivity contribution in [1.82, 2.24) is 0 Å². The summed E-state index contributed by atoms with van der Waals surface area (Å²) in [5, 5.41) is 2.55. The third kappa shape index (κ3) is 3.79. The van der Waals surface area contributed by atoms with Gasteiger partial charge in [-0.15, -0.1) is 0 Å². The Morgan fingerprint density at radius 3 is 1.62 bits per heavy atom. The molecule has 3 aliphatic rings. The summed E-state index contributed by atoms with van der Waals surface area (Å²) in [5.41, 5.74) is 15.5. The Morgan fingerprint density at radius 1 is 0.385 bits per heavy atom. The highest BCUT2D eigenvalue weighted by Gasteiger charge is 2.49. The number of nitrogens with zero attached hydrogens (tertiary/aromatic N) is 1. The first-order valence-electron chi connectivity index (χ1n) is 18.2. The number of hydrogen-bond acceptors (Lipinski definition) is 2. The molecular formula is C50H35NO. The maximum absolute atomic E-state index is 6.70. The van der Waals surface area contributed by atoms with E-state index in [0.29, 0.717) is 0 Å². The largest absolute Gasteiger partial charge is 0.457 e. The molecule has 11 rings (SSSR count). The molecule has 0 N–H and O–H groups in total. The molecule has 2 heteroatoms. The van der Waals surface area contributed by atoms with Gasteiger partial charge in [0.25, 0.3) is 0 Å². The van der Waals surface area contributed by atoms with Gasteiger partial charge in [0.05, 0.1) is 5.41 Å².